The number of benzene rings is 1. The molecule has 4 heteroatoms. The van der Waals surface area contributed by atoms with Gasteiger partial charge < -0.3 is 9.47 Å². The Morgan fingerprint density at radius 2 is 1.97 bits per heavy atom. The summed E-state index contributed by atoms with van der Waals surface area (Å²) in [5.74, 6) is 7.71. The van der Waals surface area contributed by atoms with Crippen LogP contribution in [-0.2, 0) is 17.8 Å². The lowest BCUT2D eigenvalue weighted by Crippen LogP contribution is -2.10. The van der Waals surface area contributed by atoms with Crippen LogP contribution in [0, 0.1) is 23.2 Å². The second-order valence-corrected chi connectivity index (χ2v) is 10.7. The van der Waals surface area contributed by atoms with Crippen LogP contribution in [0.15, 0.2) is 64.7 Å². The van der Waals surface area contributed by atoms with Crippen LogP contribution in [0.2, 0.25) is 0 Å². The fourth-order valence-electron chi connectivity index (χ4n) is 3.31. The average molecular weight is 465 g/mol. The fourth-order valence-corrected chi connectivity index (χ4v) is 4.78. The Kier molecular flexibility index (Phi) is 9.17. The topological polar surface area (TPSA) is 18.5 Å². The van der Waals surface area contributed by atoms with E-state index in [0.29, 0.717) is 12.5 Å². The Bertz CT molecular complexity index is 1040. The standard InChI is InChI=1S/C28H32O2S2/c1-28(2,3)13-7-5-6-9-23(18-29-4)15-22-10-8-11-26(16-22)30-19-27-17-25(21-32-27)24-12-14-31-20-24/h5-6,8,10-12,14,16-17,20-21,23H,9,15,18-19H2,1-4H3/b6-5+. The number of hydrogen-bond donors (Lipinski definition) is 0. The van der Waals surface area contributed by atoms with E-state index in [4.69, 9.17) is 9.47 Å². The number of allylic oxidation sites excluding steroid dienone is 2. The SMILES string of the molecule is COCC(C/C=C/C#CC(C)(C)C)Cc1cccc(OCc2cc(-c3ccsc3)cs2)c1. The van der Waals surface area contributed by atoms with Gasteiger partial charge in [0.2, 0.25) is 0 Å². The van der Waals surface area contributed by atoms with Crippen molar-refractivity contribution in [3.05, 3.63) is 75.1 Å². The van der Waals surface area contributed by atoms with Gasteiger partial charge in [0.1, 0.15) is 12.4 Å². The predicted octanol–water partition coefficient (Wildman–Crippen LogP) is 7.86. The van der Waals surface area contributed by atoms with E-state index in [-0.39, 0.29) is 5.41 Å². The highest BCUT2D eigenvalue weighted by Crippen LogP contribution is 2.28. The highest BCUT2D eigenvalue weighted by molar-refractivity contribution is 7.10. The van der Waals surface area contributed by atoms with Crippen LogP contribution in [0.3, 0.4) is 0 Å². The van der Waals surface area contributed by atoms with Gasteiger partial charge in [0.25, 0.3) is 0 Å². The first kappa shape index (κ1) is 24.3. The second-order valence-electron chi connectivity index (χ2n) is 8.93. The van der Waals surface area contributed by atoms with Crippen LogP contribution in [0.1, 0.15) is 37.6 Å². The zero-order valence-electron chi connectivity index (χ0n) is 19.4. The van der Waals surface area contributed by atoms with Crippen LogP contribution < -0.4 is 4.74 Å². The molecule has 0 saturated heterocycles. The highest BCUT2D eigenvalue weighted by Gasteiger charge is 2.10. The Morgan fingerprint density at radius 3 is 2.72 bits per heavy atom. The van der Waals surface area contributed by atoms with Gasteiger partial charge in [-0.05, 0) is 103 Å². The molecule has 2 nitrogen and oxygen atoms in total. The predicted molar refractivity (Wildman–Crippen MR) is 138 cm³/mol. The average Bonchev–Trinajstić information content (AvgIpc) is 3.43. The number of rotatable bonds is 10. The van der Waals surface area contributed by atoms with Crippen LogP contribution in [0.5, 0.6) is 5.75 Å². The highest BCUT2D eigenvalue weighted by atomic mass is 32.1. The van der Waals surface area contributed by atoms with Crippen LogP contribution in [0.4, 0.5) is 0 Å². The van der Waals surface area contributed by atoms with E-state index in [1.807, 2.05) is 12.1 Å². The summed E-state index contributed by atoms with van der Waals surface area (Å²) >= 11 is 3.47. The molecule has 2 aromatic heterocycles. The van der Waals surface area contributed by atoms with Crippen molar-refractivity contribution >= 4 is 22.7 Å². The molecule has 3 rings (SSSR count). The molecular formula is C28H32O2S2. The molecule has 0 amide bonds. The molecule has 1 atom stereocenters. The normalized spacial score (nSPS) is 12.5. The van der Waals surface area contributed by atoms with Crippen molar-refractivity contribution in [1.29, 1.82) is 0 Å². The lowest BCUT2D eigenvalue weighted by Gasteiger charge is -2.15. The lowest BCUT2D eigenvalue weighted by molar-refractivity contribution is 0.153. The van der Waals surface area contributed by atoms with E-state index >= 15 is 0 Å². The van der Waals surface area contributed by atoms with Gasteiger partial charge in [0, 0.05) is 24.0 Å². The van der Waals surface area contributed by atoms with Gasteiger partial charge in [-0.3, -0.25) is 0 Å². The maximum atomic E-state index is 6.10. The zero-order chi connectivity index (χ0) is 22.8. The molecule has 0 saturated carbocycles. The third kappa shape index (κ3) is 8.31. The first-order valence-electron chi connectivity index (χ1n) is 10.9. The van der Waals surface area contributed by atoms with Gasteiger partial charge in [-0.25, -0.2) is 0 Å². The largest absolute Gasteiger partial charge is 0.488 e. The third-order valence-electron chi connectivity index (χ3n) is 4.83. The van der Waals surface area contributed by atoms with Crippen molar-refractivity contribution in [2.45, 2.75) is 40.2 Å². The van der Waals surface area contributed by atoms with Crippen molar-refractivity contribution in [3.8, 4) is 28.7 Å². The van der Waals surface area contributed by atoms with Crippen LogP contribution >= 0.6 is 22.7 Å². The van der Waals surface area contributed by atoms with Gasteiger partial charge in [-0.1, -0.05) is 30.0 Å². The summed E-state index contributed by atoms with van der Waals surface area (Å²) in [6, 6.07) is 12.8. The molecule has 0 aliphatic rings. The third-order valence-corrected chi connectivity index (χ3v) is 6.43. The summed E-state index contributed by atoms with van der Waals surface area (Å²) < 4.78 is 11.6. The molecule has 2 heterocycles. The van der Waals surface area contributed by atoms with E-state index in [9.17, 15) is 0 Å². The van der Waals surface area contributed by atoms with Crippen LogP contribution in [0.25, 0.3) is 11.1 Å². The quantitative estimate of drug-likeness (QED) is 0.284. The number of ether oxygens (including phenoxy) is 2. The van der Waals surface area contributed by atoms with E-state index in [1.54, 1.807) is 29.8 Å². The molecule has 32 heavy (non-hydrogen) atoms. The summed E-state index contributed by atoms with van der Waals surface area (Å²) in [7, 11) is 1.76. The molecule has 3 aromatic rings. The summed E-state index contributed by atoms with van der Waals surface area (Å²) in [5, 5.41) is 6.49. The summed E-state index contributed by atoms with van der Waals surface area (Å²) in [6.07, 6.45) is 6.02. The van der Waals surface area contributed by atoms with Gasteiger partial charge in [-0.2, -0.15) is 11.3 Å². The molecule has 0 aliphatic heterocycles. The van der Waals surface area contributed by atoms with Crippen LogP contribution in [-0.4, -0.2) is 13.7 Å². The van der Waals surface area contributed by atoms with Crippen molar-refractivity contribution in [2.24, 2.45) is 11.3 Å². The summed E-state index contributed by atoms with van der Waals surface area (Å²) in [4.78, 5) is 1.23. The minimum atomic E-state index is 0.0330. The molecule has 0 fully saturated rings. The second kappa shape index (κ2) is 12.1. The molecule has 1 unspecified atom stereocenters. The van der Waals surface area contributed by atoms with Crippen molar-refractivity contribution in [1.82, 2.24) is 0 Å². The molecule has 0 spiro atoms. The molecule has 0 aliphatic carbocycles. The summed E-state index contributed by atoms with van der Waals surface area (Å²) in [5.41, 5.74) is 3.85. The van der Waals surface area contributed by atoms with Gasteiger partial charge >= 0.3 is 0 Å². The Balaban J connectivity index is 1.55. The first-order valence-corrected chi connectivity index (χ1v) is 12.7. The van der Waals surface area contributed by atoms with Crippen molar-refractivity contribution in [2.75, 3.05) is 13.7 Å². The Hall–Kier alpha value is -2.32. The van der Waals surface area contributed by atoms with E-state index in [0.717, 1.165) is 25.2 Å². The van der Waals surface area contributed by atoms with E-state index < -0.39 is 0 Å². The molecular weight excluding hydrogens is 432 g/mol. The molecule has 1 aromatic carbocycles. The summed E-state index contributed by atoms with van der Waals surface area (Å²) in [6.45, 7) is 7.69. The van der Waals surface area contributed by atoms with E-state index in [2.05, 4.69) is 85.2 Å². The van der Waals surface area contributed by atoms with Gasteiger partial charge in [-0.15, -0.1) is 11.3 Å². The maximum absolute atomic E-state index is 6.10. The minimum absolute atomic E-state index is 0.0330. The zero-order valence-corrected chi connectivity index (χ0v) is 21.0. The molecule has 0 N–H and O–H groups in total. The smallest absolute Gasteiger partial charge is 0.122 e. The Labute approximate surface area is 200 Å². The first-order chi connectivity index (χ1) is 15.4. The van der Waals surface area contributed by atoms with Crippen molar-refractivity contribution < 1.29 is 9.47 Å². The molecule has 0 bridgehead atoms. The van der Waals surface area contributed by atoms with Gasteiger partial charge in [0.05, 0.1) is 0 Å². The number of thiophene rings is 2. The number of methoxy groups -OCH3 is 1. The number of hydrogen-bond acceptors (Lipinski definition) is 4. The maximum Gasteiger partial charge on any atom is 0.122 e. The fraction of sp³-hybridized carbons (Fsp3) is 0.357. The molecule has 168 valence electrons. The lowest BCUT2D eigenvalue weighted by atomic mass is 9.96. The Morgan fingerprint density at radius 1 is 1.09 bits per heavy atom. The van der Waals surface area contributed by atoms with E-state index in [1.165, 1.54) is 21.6 Å². The van der Waals surface area contributed by atoms with Gasteiger partial charge in [0.15, 0.2) is 0 Å². The minimum Gasteiger partial charge on any atom is -0.488 e. The monoisotopic (exact) mass is 464 g/mol. The molecule has 0 radical (unpaired) electrons. The van der Waals surface area contributed by atoms with Crippen molar-refractivity contribution in [3.63, 3.8) is 0 Å².